The van der Waals surface area contributed by atoms with Gasteiger partial charge >= 0.3 is 0 Å². The fraction of sp³-hybridized carbons (Fsp3) is 0.462. The van der Waals surface area contributed by atoms with Crippen LogP contribution in [0, 0.1) is 6.92 Å². The van der Waals surface area contributed by atoms with Crippen LogP contribution in [0.15, 0.2) is 12.1 Å². The van der Waals surface area contributed by atoms with Gasteiger partial charge in [-0.05, 0) is 24.6 Å². The maximum Gasteiger partial charge on any atom is 0.219 e. The lowest BCUT2D eigenvalue weighted by Crippen LogP contribution is -2.48. The van der Waals surface area contributed by atoms with Gasteiger partial charge in [0, 0.05) is 38.8 Å². The molecule has 5 nitrogen and oxygen atoms in total. The van der Waals surface area contributed by atoms with Crippen molar-refractivity contribution in [3.8, 4) is 0 Å². The molecule has 18 heavy (non-hydrogen) atoms. The Morgan fingerprint density at radius 1 is 1.17 bits per heavy atom. The van der Waals surface area contributed by atoms with E-state index in [0.717, 1.165) is 37.4 Å². The van der Waals surface area contributed by atoms with Gasteiger partial charge in [-0.2, -0.15) is 0 Å². The van der Waals surface area contributed by atoms with E-state index < -0.39 is 0 Å². The molecule has 1 aromatic carbocycles. The van der Waals surface area contributed by atoms with Crippen molar-refractivity contribution in [1.29, 1.82) is 0 Å². The van der Waals surface area contributed by atoms with E-state index in [1.807, 2.05) is 17.9 Å². The maximum absolute atomic E-state index is 11.3. The molecule has 0 aromatic heterocycles. The van der Waals surface area contributed by atoms with Gasteiger partial charge in [0.05, 0.1) is 11.4 Å². The SMILES string of the molecule is CC(=O)N1CCN(c2cc(C)c(N)c(N)c2)CC1. The number of rotatable bonds is 1. The molecule has 0 atom stereocenters. The highest BCUT2D eigenvalue weighted by atomic mass is 16.2. The second-order valence-corrected chi connectivity index (χ2v) is 4.76. The average molecular weight is 248 g/mol. The fourth-order valence-corrected chi connectivity index (χ4v) is 2.27. The molecular formula is C13H20N4O. The molecule has 98 valence electrons. The van der Waals surface area contributed by atoms with Crippen molar-refractivity contribution in [3.05, 3.63) is 17.7 Å². The highest BCUT2D eigenvalue weighted by Crippen LogP contribution is 2.27. The van der Waals surface area contributed by atoms with Crippen LogP contribution in [-0.2, 0) is 4.79 Å². The summed E-state index contributed by atoms with van der Waals surface area (Å²) in [6.45, 7) is 6.77. The summed E-state index contributed by atoms with van der Waals surface area (Å²) in [5.74, 6) is 0.141. The number of aryl methyl sites for hydroxylation is 1. The molecule has 0 unspecified atom stereocenters. The Morgan fingerprint density at radius 3 is 2.28 bits per heavy atom. The van der Waals surface area contributed by atoms with Crippen LogP contribution in [0.3, 0.4) is 0 Å². The van der Waals surface area contributed by atoms with Gasteiger partial charge in [-0.25, -0.2) is 0 Å². The predicted octanol–water partition coefficient (Wildman–Crippen LogP) is 0.828. The Kier molecular flexibility index (Phi) is 3.32. The number of nitrogen functional groups attached to an aromatic ring is 2. The number of amides is 1. The number of nitrogens with zero attached hydrogens (tertiary/aromatic N) is 2. The molecule has 1 saturated heterocycles. The predicted molar refractivity (Wildman–Crippen MR) is 74.5 cm³/mol. The monoisotopic (exact) mass is 248 g/mol. The van der Waals surface area contributed by atoms with Crippen LogP contribution in [0.25, 0.3) is 0 Å². The Balaban J connectivity index is 2.12. The number of piperazine rings is 1. The summed E-state index contributed by atoms with van der Waals surface area (Å²) in [7, 11) is 0. The van der Waals surface area contributed by atoms with Crippen molar-refractivity contribution in [1.82, 2.24) is 4.90 Å². The van der Waals surface area contributed by atoms with Crippen molar-refractivity contribution in [2.75, 3.05) is 42.5 Å². The third-order valence-corrected chi connectivity index (χ3v) is 3.49. The Morgan fingerprint density at radius 2 is 1.78 bits per heavy atom. The topological polar surface area (TPSA) is 75.6 Å². The van der Waals surface area contributed by atoms with Crippen LogP contribution in [0.2, 0.25) is 0 Å². The van der Waals surface area contributed by atoms with E-state index in [-0.39, 0.29) is 5.91 Å². The zero-order valence-corrected chi connectivity index (χ0v) is 10.9. The standard InChI is InChI=1S/C13H20N4O/c1-9-7-11(8-12(14)13(9)15)17-5-3-16(4-6-17)10(2)18/h7-8H,3-6,14-15H2,1-2H3. The summed E-state index contributed by atoms with van der Waals surface area (Å²) in [6.07, 6.45) is 0. The first-order valence-electron chi connectivity index (χ1n) is 6.15. The number of anilines is 3. The first-order chi connectivity index (χ1) is 8.49. The summed E-state index contributed by atoms with van der Waals surface area (Å²) in [5.41, 5.74) is 15.1. The van der Waals surface area contributed by atoms with Crippen molar-refractivity contribution in [2.45, 2.75) is 13.8 Å². The molecule has 0 spiro atoms. The molecule has 1 aliphatic rings. The maximum atomic E-state index is 11.3. The first-order valence-corrected chi connectivity index (χ1v) is 6.15. The van der Waals surface area contributed by atoms with E-state index >= 15 is 0 Å². The van der Waals surface area contributed by atoms with E-state index in [9.17, 15) is 4.79 Å². The molecule has 0 aliphatic carbocycles. The quantitative estimate of drug-likeness (QED) is 0.722. The van der Waals surface area contributed by atoms with Crippen LogP contribution in [0.4, 0.5) is 17.1 Å². The van der Waals surface area contributed by atoms with Crippen LogP contribution in [0.5, 0.6) is 0 Å². The Bertz CT molecular complexity index is 441. The summed E-state index contributed by atoms with van der Waals surface area (Å²) in [6, 6.07) is 3.96. The lowest BCUT2D eigenvalue weighted by Gasteiger charge is -2.36. The third kappa shape index (κ3) is 2.34. The van der Waals surface area contributed by atoms with Crippen LogP contribution >= 0.6 is 0 Å². The molecule has 1 aromatic rings. The second-order valence-electron chi connectivity index (χ2n) is 4.76. The van der Waals surface area contributed by atoms with Gasteiger partial charge in [-0.15, -0.1) is 0 Å². The minimum Gasteiger partial charge on any atom is -0.397 e. The highest BCUT2D eigenvalue weighted by molar-refractivity contribution is 5.75. The zero-order chi connectivity index (χ0) is 13.3. The van der Waals surface area contributed by atoms with Crippen molar-refractivity contribution >= 4 is 23.0 Å². The van der Waals surface area contributed by atoms with Gasteiger partial charge < -0.3 is 21.3 Å². The number of benzene rings is 1. The Hall–Kier alpha value is -1.91. The molecule has 1 amide bonds. The van der Waals surface area contributed by atoms with Gasteiger partial charge in [0.1, 0.15) is 0 Å². The minimum absolute atomic E-state index is 0.141. The Labute approximate surface area is 107 Å². The molecule has 1 aliphatic heterocycles. The van der Waals surface area contributed by atoms with E-state index in [0.29, 0.717) is 11.4 Å². The van der Waals surface area contributed by atoms with E-state index in [1.54, 1.807) is 6.92 Å². The van der Waals surface area contributed by atoms with E-state index in [4.69, 9.17) is 11.5 Å². The summed E-state index contributed by atoms with van der Waals surface area (Å²) >= 11 is 0. The minimum atomic E-state index is 0.141. The number of hydrogen-bond donors (Lipinski definition) is 2. The van der Waals surface area contributed by atoms with Gasteiger partial charge in [-0.1, -0.05) is 0 Å². The second kappa shape index (κ2) is 4.76. The molecule has 4 N–H and O–H groups in total. The fourth-order valence-electron chi connectivity index (χ4n) is 2.27. The largest absolute Gasteiger partial charge is 0.397 e. The molecule has 1 heterocycles. The van der Waals surface area contributed by atoms with E-state index in [2.05, 4.69) is 11.0 Å². The van der Waals surface area contributed by atoms with Crippen LogP contribution in [-0.4, -0.2) is 37.0 Å². The number of nitrogens with two attached hydrogens (primary N) is 2. The number of carbonyl (C=O) groups is 1. The smallest absolute Gasteiger partial charge is 0.219 e. The molecule has 1 fully saturated rings. The van der Waals surface area contributed by atoms with Crippen molar-refractivity contribution < 1.29 is 4.79 Å². The summed E-state index contributed by atoms with van der Waals surface area (Å²) in [5, 5.41) is 0. The van der Waals surface area contributed by atoms with Crippen LogP contribution in [0.1, 0.15) is 12.5 Å². The van der Waals surface area contributed by atoms with Gasteiger partial charge in [-0.3, -0.25) is 4.79 Å². The van der Waals surface area contributed by atoms with Crippen molar-refractivity contribution in [2.24, 2.45) is 0 Å². The summed E-state index contributed by atoms with van der Waals surface area (Å²) < 4.78 is 0. The normalized spacial score (nSPS) is 15.9. The zero-order valence-electron chi connectivity index (χ0n) is 10.9. The van der Waals surface area contributed by atoms with E-state index in [1.165, 1.54) is 0 Å². The molecule has 0 bridgehead atoms. The van der Waals surface area contributed by atoms with Crippen LogP contribution < -0.4 is 16.4 Å². The molecule has 0 radical (unpaired) electrons. The average Bonchev–Trinajstić information content (AvgIpc) is 2.35. The summed E-state index contributed by atoms with van der Waals surface area (Å²) in [4.78, 5) is 15.4. The van der Waals surface area contributed by atoms with Gasteiger partial charge in [0.25, 0.3) is 0 Å². The van der Waals surface area contributed by atoms with Gasteiger partial charge in [0.15, 0.2) is 0 Å². The van der Waals surface area contributed by atoms with Gasteiger partial charge in [0.2, 0.25) is 5.91 Å². The molecule has 0 saturated carbocycles. The number of carbonyl (C=O) groups excluding carboxylic acids is 1. The molecular weight excluding hydrogens is 228 g/mol. The third-order valence-electron chi connectivity index (χ3n) is 3.49. The molecule has 5 heteroatoms. The lowest BCUT2D eigenvalue weighted by atomic mass is 10.1. The first kappa shape index (κ1) is 12.5. The highest BCUT2D eigenvalue weighted by Gasteiger charge is 2.19. The number of hydrogen-bond acceptors (Lipinski definition) is 4. The molecule has 2 rings (SSSR count). The van der Waals surface area contributed by atoms with Crippen molar-refractivity contribution in [3.63, 3.8) is 0 Å². The lowest BCUT2D eigenvalue weighted by molar-refractivity contribution is -0.129.